The monoisotopic (exact) mass is 367 g/mol. The van der Waals surface area contributed by atoms with Gasteiger partial charge in [-0.3, -0.25) is 14.9 Å². The van der Waals surface area contributed by atoms with Crippen LogP contribution in [0.15, 0.2) is 63.2 Å². The lowest BCUT2D eigenvalue weighted by Gasteiger charge is -2.07. The summed E-state index contributed by atoms with van der Waals surface area (Å²) in [5.41, 5.74) is -0.362. The highest BCUT2D eigenvalue weighted by Gasteiger charge is 2.22. The highest BCUT2D eigenvalue weighted by Crippen LogP contribution is 2.30. The summed E-state index contributed by atoms with van der Waals surface area (Å²) >= 11 is 0.967. The third-order valence-electron chi connectivity index (χ3n) is 3.02. The smallest absolute Gasteiger partial charge is 0.315 e. The van der Waals surface area contributed by atoms with E-state index in [0.717, 1.165) is 17.8 Å². The van der Waals surface area contributed by atoms with Crippen molar-refractivity contribution < 1.29 is 22.9 Å². The van der Waals surface area contributed by atoms with Crippen LogP contribution in [0.3, 0.4) is 0 Å². The zero-order chi connectivity index (χ0) is 17.7. The normalized spacial score (nSPS) is 11.0. The van der Waals surface area contributed by atoms with Crippen molar-refractivity contribution in [2.75, 3.05) is 12.9 Å². The topological polar surface area (TPSA) is 104 Å². The first-order valence-electron chi connectivity index (χ1n) is 6.64. The standard InChI is InChI=1S/C15H13NO6S2/c1-22-15(17)10-23-12-7-11(16(18)19)8-14(9-12)24(20,21)13-5-3-2-4-6-13/h2-9H,10H2,1H3. The van der Waals surface area contributed by atoms with E-state index in [-0.39, 0.29) is 21.2 Å². The number of nitrogens with zero attached hydrogens (tertiary/aromatic N) is 1. The van der Waals surface area contributed by atoms with Gasteiger partial charge >= 0.3 is 5.97 Å². The lowest BCUT2D eigenvalue weighted by molar-refractivity contribution is -0.385. The van der Waals surface area contributed by atoms with Gasteiger partial charge in [-0.1, -0.05) is 18.2 Å². The van der Waals surface area contributed by atoms with Crippen LogP contribution in [0.25, 0.3) is 0 Å². The number of sulfone groups is 1. The molecule has 126 valence electrons. The highest BCUT2D eigenvalue weighted by molar-refractivity contribution is 8.00. The van der Waals surface area contributed by atoms with E-state index in [1.54, 1.807) is 18.2 Å². The first kappa shape index (κ1) is 18.0. The van der Waals surface area contributed by atoms with Crippen molar-refractivity contribution >= 4 is 33.3 Å². The maximum atomic E-state index is 12.6. The largest absolute Gasteiger partial charge is 0.468 e. The summed E-state index contributed by atoms with van der Waals surface area (Å²) in [5, 5.41) is 11.1. The van der Waals surface area contributed by atoms with Crippen LogP contribution in [0, 0.1) is 10.1 Å². The third kappa shape index (κ3) is 4.12. The van der Waals surface area contributed by atoms with Gasteiger partial charge in [0, 0.05) is 17.0 Å². The molecule has 0 aliphatic heterocycles. The Labute approximate surface area is 142 Å². The van der Waals surface area contributed by atoms with Crippen LogP contribution in [-0.2, 0) is 19.4 Å². The Hall–Kier alpha value is -2.39. The Balaban J connectivity index is 2.47. The molecule has 0 unspecified atom stereocenters. The van der Waals surface area contributed by atoms with Gasteiger partial charge < -0.3 is 4.74 Å². The number of nitro groups is 1. The van der Waals surface area contributed by atoms with Gasteiger partial charge in [-0.15, -0.1) is 11.8 Å². The molecule has 7 nitrogen and oxygen atoms in total. The van der Waals surface area contributed by atoms with E-state index in [1.807, 2.05) is 0 Å². The van der Waals surface area contributed by atoms with Crippen LogP contribution in [0.2, 0.25) is 0 Å². The minimum Gasteiger partial charge on any atom is -0.468 e. The van der Waals surface area contributed by atoms with Crippen molar-refractivity contribution in [3.8, 4) is 0 Å². The molecule has 0 N–H and O–H groups in total. The van der Waals surface area contributed by atoms with Gasteiger partial charge in [-0.25, -0.2) is 8.42 Å². The second kappa shape index (κ2) is 7.45. The Kier molecular flexibility index (Phi) is 5.58. The number of ether oxygens (including phenoxy) is 1. The average molecular weight is 367 g/mol. The SMILES string of the molecule is COC(=O)CSc1cc([N+](=O)[O-])cc(S(=O)(=O)c2ccccc2)c1. The fourth-order valence-corrected chi connectivity index (χ4v) is 4.07. The van der Waals surface area contributed by atoms with E-state index in [9.17, 15) is 23.3 Å². The lowest BCUT2D eigenvalue weighted by atomic mass is 10.3. The van der Waals surface area contributed by atoms with E-state index < -0.39 is 20.7 Å². The van der Waals surface area contributed by atoms with Crippen LogP contribution < -0.4 is 0 Å². The van der Waals surface area contributed by atoms with Crippen molar-refractivity contribution in [3.05, 3.63) is 58.6 Å². The van der Waals surface area contributed by atoms with Crippen LogP contribution >= 0.6 is 11.8 Å². The van der Waals surface area contributed by atoms with Crippen molar-refractivity contribution in [1.29, 1.82) is 0 Å². The first-order chi connectivity index (χ1) is 11.3. The van der Waals surface area contributed by atoms with E-state index >= 15 is 0 Å². The van der Waals surface area contributed by atoms with E-state index in [0.29, 0.717) is 4.90 Å². The van der Waals surface area contributed by atoms with Gasteiger partial charge in [-0.05, 0) is 18.2 Å². The quantitative estimate of drug-likeness (QED) is 0.335. The molecule has 0 aromatic heterocycles. The molecule has 0 bridgehead atoms. The van der Waals surface area contributed by atoms with Gasteiger partial charge in [0.2, 0.25) is 9.84 Å². The molecule has 2 aromatic carbocycles. The molecule has 0 spiro atoms. The lowest BCUT2D eigenvalue weighted by Crippen LogP contribution is -2.05. The number of carbonyl (C=O) groups is 1. The highest BCUT2D eigenvalue weighted by atomic mass is 32.2. The Morgan fingerprint density at radius 2 is 1.83 bits per heavy atom. The van der Waals surface area contributed by atoms with Gasteiger partial charge in [0.25, 0.3) is 5.69 Å². The van der Waals surface area contributed by atoms with Crippen LogP contribution in [0.1, 0.15) is 0 Å². The molecule has 0 atom stereocenters. The van der Waals surface area contributed by atoms with E-state index in [2.05, 4.69) is 4.74 Å². The summed E-state index contributed by atoms with van der Waals surface area (Å²) in [6.07, 6.45) is 0. The summed E-state index contributed by atoms with van der Waals surface area (Å²) in [5.74, 6) is -0.596. The number of non-ortho nitro benzene ring substituents is 1. The Bertz CT molecular complexity index is 865. The number of esters is 1. The molecule has 0 saturated heterocycles. The van der Waals surface area contributed by atoms with E-state index in [4.69, 9.17) is 0 Å². The van der Waals surface area contributed by atoms with Crippen molar-refractivity contribution in [3.63, 3.8) is 0 Å². The maximum absolute atomic E-state index is 12.6. The fourth-order valence-electron chi connectivity index (χ4n) is 1.84. The van der Waals surface area contributed by atoms with Gasteiger partial charge in [0.1, 0.15) is 0 Å². The molecular formula is C15H13NO6S2. The van der Waals surface area contributed by atoms with Crippen molar-refractivity contribution in [1.82, 2.24) is 0 Å². The summed E-state index contributed by atoms with van der Waals surface area (Å²) in [6.45, 7) is 0. The number of rotatable bonds is 6. The molecule has 0 radical (unpaired) electrons. The molecule has 0 heterocycles. The predicted molar refractivity (Wildman–Crippen MR) is 87.7 cm³/mol. The maximum Gasteiger partial charge on any atom is 0.315 e. The molecule has 0 aliphatic rings. The van der Waals surface area contributed by atoms with Gasteiger partial charge in [0.15, 0.2) is 0 Å². The molecule has 0 saturated carbocycles. The van der Waals surface area contributed by atoms with Crippen molar-refractivity contribution in [2.45, 2.75) is 14.7 Å². The Morgan fingerprint density at radius 3 is 2.42 bits per heavy atom. The number of methoxy groups -OCH3 is 1. The van der Waals surface area contributed by atoms with Crippen LogP contribution in [0.4, 0.5) is 5.69 Å². The first-order valence-corrected chi connectivity index (χ1v) is 9.10. The third-order valence-corrected chi connectivity index (χ3v) is 5.72. The number of nitro benzene ring substituents is 1. The van der Waals surface area contributed by atoms with Crippen LogP contribution in [0.5, 0.6) is 0 Å². The van der Waals surface area contributed by atoms with Gasteiger partial charge in [0.05, 0.1) is 27.6 Å². The fraction of sp³-hybridized carbons (Fsp3) is 0.133. The number of benzene rings is 2. The molecule has 2 rings (SSSR count). The number of hydrogen-bond acceptors (Lipinski definition) is 7. The summed E-state index contributed by atoms with van der Waals surface area (Å²) in [6, 6.07) is 11.2. The second-order valence-electron chi connectivity index (χ2n) is 4.60. The predicted octanol–water partition coefficient (Wildman–Crippen LogP) is 2.69. The van der Waals surface area contributed by atoms with Crippen LogP contribution in [-0.4, -0.2) is 32.2 Å². The Morgan fingerprint density at radius 1 is 1.17 bits per heavy atom. The molecule has 2 aromatic rings. The second-order valence-corrected chi connectivity index (χ2v) is 7.60. The summed E-state index contributed by atoms with van der Waals surface area (Å²) in [7, 11) is -2.67. The molecule has 0 amide bonds. The minimum atomic E-state index is -3.90. The summed E-state index contributed by atoms with van der Waals surface area (Å²) in [4.78, 5) is 21.7. The number of thioether (sulfide) groups is 1. The molecule has 0 fully saturated rings. The molecule has 0 aliphatic carbocycles. The molecular weight excluding hydrogens is 354 g/mol. The molecule has 9 heteroatoms. The van der Waals surface area contributed by atoms with Crippen molar-refractivity contribution in [2.24, 2.45) is 0 Å². The minimum absolute atomic E-state index is 0.0365. The van der Waals surface area contributed by atoms with E-state index in [1.165, 1.54) is 31.4 Å². The summed E-state index contributed by atoms with van der Waals surface area (Å²) < 4.78 is 29.8. The zero-order valence-electron chi connectivity index (χ0n) is 12.5. The average Bonchev–Trinajstić information content (AvgIpc) is 2.60. The zero-order valence-corrected chi connectivity index (χ0v) is 14.2. The number of carbonyl (C=O) groups excluding carboxylic acids is 1. The van der Waals surface area contributed by atoms with Gasteiger partial charge in [-0.2, -0.15) is 0 Å². The molecule has 24 heavy (non-hydrogen) atoms. The number of hydrogen-bond donors (Lipinski definition) is 0.